The summed E-state index contributed by atoms with van der Waals surface area (Å²) < 4.78 is 4.05. The summed E-state index contributed by atoms with van der Waals surface area (Å²) in [7, 11) is 0. The van der Waals surface area contributed by atoms with Gasteiger partial charge >= 0.3 is 0 Å². The Morgan fingerprint density at radius 1 is 1.33 bits per heavy atom. The van der Waals surface area contributed by atoms with Gasteiger partial charge in [0.05, 0.1) is 0 Å². The summed E-state index contributed by atoms with van der Waals surface area (Å²) in [5.41, 5.74) is 0. The molecule has 0 atom stereocenters. The fourth-order valence-corrected chi connectivity index (χ4v) is 2.89. The number of halogens is 1. The van der Waals surface area contributed by atoms with Gasteiger partial charge in [-0.2, -0.15) is 4.37 Å². The molecule has 1 saturated heterocycles. The lowest BCUT2D eigenvalue weighted by molar-refractivity contribution is 0.313. The molecule has 0 unspecified atom stereocenters. The van der Waals surface area contributed by atoms with Gasteiger partial charge in [-0.25, -0.2) is 4.98 Å². The number of alkyl halides is 1. The van der Waals surface area contributed by atoms with Crippen LogP contribution in [0, 0.1) is 0 Å². The van der Waals surface area contributed by atoms with Crippen molar-refractivity contribution in [1.29, 1.82) is 0 Å². The molecule has 0 saturated carbocycles. The predicted octanol–water partition coefficient (Wildman–Crippen LogP) is 1.45. The smallest absolute Gasteiger partial charge is 0.204 e. The number of nitrogens with zero attached hydrogens (tertiary/aromatic N) is 4. The van der Waals surface area contributed by atoms with Crippen LogP contribution in [0.1, 0.15) is 6.42 Å². The number of anilines is 1. The molecule has 1 aliphatic rings. The number of hydrogen-bond donors (Lipinski definition) is 0. The van der Waals surface area contributed by atoms with Gasteiger partial charge in [-0.05, 0) is 13.0 Å². The van der Waals surface area contributed by atoms with Crippen LogP contribution in [0.3, 0.4) is 0 Å². The van der Waals surface area contributed by atoms with Crippen molar-refractivity contribution in [2.45, 2.75) is 6.42 Å². The van der Waals surface area contributed by atoms with E-state index in [1.54, 1.807) is 6.33 Å². The minimum atomic E-state index is 1.06. The Hall–Kier alpha value is -0.200. The number of aromatic nitrogens is 2. The van der Waals surface area contributed by atoms with Crippen molar-refractivity contribution in [3.05, 3.63) is 6.33 Å². The average molecular weight is 291 g/mol. The van der Waals surface area contributed by atoms with Crippen LogP contribution in [0.15, 0.2) is 6.33 Å². The van der Waals surface area contributed by atoms with Crippen LogP contribution in [0.4, 0.5) is 5.13 Å². The fraction of sp³-hybridized carbons (Fsp3) is 0.778. The highest BCUT2D eigenvalue weighted by Gasteiger charge is 2.16. The summed E-state index contributed by atoms with van der Waals surface area (Å²) in [6, 6.07) is 0. The van der Waals surface area contributed by atoms with E-state index in [-0.39, 0.29) is 0 Å². The minimum Gasteiger partial charge on any atom is -0.346 e. The third kappa shape index (κ3) is 3.12. The van der Waals surface area contributed by atoms with Crippen LogP contribution >= 0.6 is 27.5 Å². The maximum Gasteiger partial charge on any atom is 0.204 e. The Balaban J connectivity index is 1.90. The third-order valence-electron chi connectivity index (χ3n) is 2.61. The van der Waals surface area contributed by atoms with Gasteiger partial charge in [-0.3, -0.25) is 0 Å². The Morgan fingerprint density at radius 3 is 3.00 bits per heavy atom. The first-order valence-corrected chi connectivity index (χ1v) is 7.09. The van der Waals surface area contributed by atoms with Crippen molar-refractivity contribution < 1.29 is 0 Å². The molecule has 2 rings (SSSR count). The molecule has 1 aromatic rings. The first-order valence-electron chi connectivity index (χ1n) is 5.20. The molecular formula is C9H15BrN4S. The molecule has 0 N–H and O–H groups in total. The largest absolute Gasteiger partial charge is 0.346 e. The first-order chi connectivity index (χ1) is 7.40. The van der Waals surface area contributed by atoms with Gasteiger partial charge < -0.3 is 9.80 Å². The van der Waals surface area contributed by atoms with E-state index in [2.05, 4.69) is 35.1 Å². The fourth-order valence-electron chi connectivity index (χ4n) is 1.81. The van der Waals surface area contributed by atoms with Crippen molar-refractivity contribution in [2.75, 3.05) is 43.0 Å². The molecule has 6 heteroatoms. The Kier molecular flexibility index (Phi) is 4.34. The highest BCUT2D eigenvalue weighted by atomic mass is 79.9. The Labute approximate surface area is 103 Å². The highest BCUT2D eigenvalue weighted by Crippen LogP contribution is 2.16. The summed E-state index contributed by atoms with van der Waals surface area (Å²) in [5, 5.41) is 2.13. The van der Waals surface area contributed by atoms with Crippen molar-refractivity contribution in [3.8, 4) is 0 Å². The molecule has 0 aliphatic carbocycles. The van der Waals surface area contributed by atoms with Crippen molar-refractivity contribution in [3.63, 3.8) is 0 Å². The number of hydrogen-bond acceptors (Lipinski definition) is 5. The van der Waals surface area contributed by atoms with E-state index in [4.69, 9.17) is 0 Å². The molecule has 1 fully saturated rings. The molecule has 0 amide bonds. The summed E-state index contributed by atoms with van der Waals surface area (Å²) in [6.45, 7) is 5.65. The van der Waals surface area contributed by atoms with Crippen molar-refractivity contribution in [2.24, 2.45) is 0 Å². The molecule has 4 nitrogen and oxygen atoms in total. The van der Waals surface area contributed by atoms with E-state index >= 15 is 0 Å². The van der Waals surface area contributed by atoms with Gasteiger partial charge in [0, 0.05) is 43.0 Å². The summed E-state index contributed by atoms with van der Waals surface area (Å²) >= 11 is 4.98. The highest BCUT2D eigenvalue weighted by molar-refractivity contribution is 9.09. The quantitative estimate of drug-likeness (QED) is 0.789. The second-order valence-corrected chi connectivity index (χ2v) is 5.15. The summed E-state index contributed by atoms with van der Waals surface area (Å²) in [5.74, 6) is 0. The van der Waals surface area contributed by atoms with Crippen molar-refractivity contribution >= 4 is 32.6 Å². The van der Waals surface area contributed by atoms with Gasteiger partial charge in [0.1, 0.15) is 6.33 Å². The molecule has 1 aromatic heterocycles. The summed E-state index contributed by atoms with van der Waals surface area (Å²) in [4.78, 5) is 9.09. The van der Waals surface area contributed by atoms with E-state index in [0.717, 1.165) is 36.6 Å². The molecule has 0 aromatic carbocycles. The van der Waals surface area contributed by atoms with E-state index in [1.165, 1.54) is 24.5 Å². The molecule has 0 bridgehead atoms. The second kappa shape index (κ2) is 5.77. The molecule has 1 aliphatic heterocycles. The molecule has 15 heavy (non-hydrogen) atoms. The van der Waals surface area contributed by atoms with Gasteiger partial charge in [0.25, 0.3) is 0 Å². The zero-order chi connectivity index (χ0) is 10.5. The van der Waals surface area contributed by atoms with Crippen LogP contribution in [-0.2, 0) is 0 Å². The molecule has 0 spiro atoms. The third-order valence-corrected chi connectivity index (χ3v) is 3.69. The lowest BCUT2D eigenvalue weighted by Gasteiger charge is -2.20. The van der Waals surface area contributed by atoms with E-state index in [1.807, 2.05) is 0 Å². The zero-order valence-electron chi connectivity index (χ0n) is 8.60. The summed E-state index contributed by atoms with van der Waals surface area (Å²) in [6.07, 6.45) is 2.85. The zero-order valence-corrected chi connectivity index (χ0v) is 11.0. The van der Waals surface area contributed by atoms with Crippen LogP contribution in [0.2, 0.25) is 0 Å². The average Bonchev–Trinajstić information content (AvgIpc) is 2.67. The Morgan fingerprint density at radius 2 is 2.27 bits per heavy atom. The SMILES string of the molecule is BrCCN1CCCN(c2ncns2)CC1. The van der Waals surface area contributed by atoms with Gasteiger partial charge in [-0.15, -0.1) is 0 Å². The molecule has 2 heterocycles. The maximum absolute atomic E-state index is 4.26. The Bertz CT molecular complexity index is 280. The van der Waals surface area contributed by atoms with Crippen LogP contribution in [0.25, 0.3) is 0 Å². The van der Waals surface area contributed by atoms with Gasteiger partial charge in [0.2, 0.25) is 5.13 Å². The van der Waals surface area contributed by atoms with Crippen molar-refractivity contribution in [1.82, 2.24) is 14.3 Å². The van der Waals surface area contributed by atoms with Crippen LogP contribution < -0.4 is 4.90 Å². The first kappa shape index (κ1) is 11.3. The van der Waals surface area contributed by atoms with Gasteiger partial charge in [-0.1, -0.05) is 15.9 Å². The molecule has 84 valence electrons. The molecular weight excluding hydrogens is 276 g/mol. The number of rotatable bonds is 3. The normalized spacial score (nSPS) is 19.1. The van der Waals surface area contributed by atoms with E-state index < -0.39 is 0 Å². The topological polar surface area (TPSA) is 32.3 Å². The molecule has 0 radical (unpaired) electrons. The minimum absolute atomic E-state index is 1.06. The maximum atomic E-state index is 4.26. The van der Waals surface area contributed by atoms with Crippen LogP contribution in [-0.4, -0.2) is 52.3 Å². The monoisotopic (exact) mass is 290 g/mol. The van der Waals surface area contributed by atoms with Crippen LogP contribution in [0.5, 0.6) is 0 Å². The van der Waals surface area contributed by atoms with E-state index in [9.17, 15) is 0 Å². The predicted molar refractivity (Wildman–Crippen MR) is 67.0 cm³/mol. The van der Waals surface area contributed by atoms with Gasteiger partial charge in [0.15, 0.2) is 0 Å². The standard InChI is InChI=1S/C9H15BrN4S/c10-2-5-13-3-1-4-14(7-6-13)9-11-8-12-15-9/h8H,1-7H2. The second-order valence-electron chi connectivity index (χ2n) is 3.60. The van der Waals surface area contributed by atoms with E-state index in [0.29, 0.717) is 0 Å². The lowest BCUT2D eigenvalue weighted by Crippen LogP contribution is -2.31. The lowest BCUT2D eigenvalue weighted by atomic mass is 10.4.